The van der Waals surface area contributed by atoms with Gasteiger partial charge in [-0.15, -0.1) is 4.91 Å². The zero-order valence-corrected chi connectivity index (χ0v) is 11.4. The molecule has 0 bridgehead atoms. The zero-order valence-electron chi connectivity index (χ0n) is 10.6. The van der Waals surface area contributed by atoms with Crippen LogP contribution in [-0.2, 0) is 10.0 Å². The van der Waals surface area contributed by atoms with Crippen molar-refractivity contribution in [2.24, 2.45) is 10.3 Å². The standard InChI is InChI=1S/C11H14N4O3S/c1-8-11(13-16)7-14(2)15(8)9-3-5-10(6-4-9)19(12,17)18/h3-6H,7H2,1-2H3,(H2,12,17,18). The van der Waals surface area contributed by atoms with Crippen molar-refractivity contribution in [3.63, 3.8) is 0 Å². The molecule has 0 saturated carbocycles. The molecule has 0 fully saturated rings. The van der Waals surface area contributed by atoms with Crippen molar-refractivity contribution < 1.29 is 8.42 Å². The van der Waals surface area contributed by atoms with Crippen LogP contribution in [0.4, 0.5) is 5.69 Å². The number of hydrogen-bond donors (Lipinski definition) is 1. The Bertz CT molecular complexity index is 636. The van der Waals surface area contributed by atoms with E-state index >= 15 is 0 Å². The zero-order chi connectivity index (χ0) is 14.2. The number of primary sulfonamides is 1. The Balaban J connectivity index is 2.38. The lowest BCUT2D eigenvalue weighted by Gasteiger charge is -2.27. The van der Waals surface area contributed by atoms with Crippen LogP contribution in [0, 0.1) is 4.91 Å². The highest BCUT2D eigenvalue weighted by Gasteiger charge is 2.26. The van der Waals surface area contributed by atoms with Crippen LogP contribution in [0.2, 0.25) is 0 Å². The minimum Gasteiger partial charge on any atom is -0.277 e. The minimum absolute atomic E-state index is 0.0495. The Morgan fingerprint density at radius 1 is 1.26 bits per heavy atom. The molecule has 0 unspecified atom stereocenters. The second-order valence-corrected chi connectivity index (χ2v) is 5.85. The third-order valence-corrected chi connectivity index (χ3v) is 3.90. The van der Waals surface area contributed by atoms with Crippen LogP contribution in [0.25, 0.3) is 0 Å². The fraction of sp³-hybridized carbons (Fsp3) is 0.273. The van der Waals surface area contributed by atoms with Gasteiger partial charge in [0.1, 0.15) is 5.70 Å². The maximum atomic E-state index is 11.2. The molecule has 1 heterocycles. The van der Waals surface area contributed by atoms with E-state index < -0.39 is 10.0 Å². The molecule has 0 aliphatic carbocycles. The van der Waals surface area contributed by atoms with Crippen molar-refractivity contribution in [2.45, 2.75) is 11.8 Å². The number of hydrogen-bond acceptors (Lipinski definition) is 6. The minimum atomic E-state index is -3.70. The van der Waals surface area contributed by atoms with E-state index in [-0.39, 0.29) is 4.90 Å². The third-order valence-electron chi connectivity index (χ3n) is 2.98. The maximum absolute atomic E-state index is 11.2. The normalized spacial score (nSPS) is 17.1. The summed E-state index contributed by atoms with van der Waals surface area (Å²) in [5.41, 5.74) is 1.92. The van der Waals surface area contributed by atoms with E-state index in [9.17, 15) is 13.3 Å². The largest absolute Gasteiger partial charge is 0.277 e. The molecule has 0 amide bonds. The Kier molecular flexibility index (Phi) is 3.40. The van der Waals surface area contributed by atoms with Crippen molar-refractivity contribution in [1.29, 1.82) is 0 Å². The predicted molar refractivity (Wildman–Crippen MR) is 71.4 cm³/mol. The molecule has 0 aromatic heterocycles. The van der Waals surface area contributed by atoms with Gasteiger partial charge in [-0.2, -0.15) is 0 Å². The molecular formula is C11H14N4O3S. The lowest BCUT2D eigenvalue weighted by molar-refractivity contribution is 0.385. The van der Waals surface area contributed by atoms with Gasteiger partial charge in [-0.25, -0.2) is 18.6 Å². The molecule has 1 aliphatic rings. The molecule has 7 nitrogen and oxygen atoms in total. The number of likely N-dealkylation sites (N-methyl/N-ethyl adjacent to an activating group) is 1. The molecule has 1 aliphatic heterocycles. The monoisotopic (exact) mass is 282 g/mol. The maximum Gasteiger partial charge on any atom is 0.238 e. The van der Waals surface area contributed by atoms with E-state index in [0.717, 1.165) is 11.4 Å². The van der Waals surface area contributed by atoms with Gasteiger partial charge in [-0.3, -0.25) is 5.01 Å². The average molecular weight is 282 g/mol. The first-order valence-electron chi connectivity index (χ1n) is 5.51. The lowest BCUT2D eigenvalue weighted by Crippen LogP contribution is -2.33. The van der Waals surface area contributed by atoms with E-state index in [1.807, 2.05) is 12.1 Å². The number of sulfonamides is 1. The number of benzene rings is 1. The van der Waals surface area contributed by atoms with Gasteiger partial charge in [-0.05, 0) is 36.4 Å². The van der Waals surface area contributed by atoms with Crippen molar-refractivity contribution in [3.8, 4) is 0 Å². The number of allylic oxidation sites excluding steroid dienone is 1. The molecule has 1 aromatic carbocycles. The highest BCUT2D eigenvalue weighted by molar-refractivity contribution is 7.89. The van der Waals surface area contributed by atoms with Crippen molar-refractivity contribution in [1.82, 2.24) is 5.01 Å². The molecule has 102 valence electrons. The molecule has 0 spiro atoms. The summed E-state index contributed by atoms with van der Waals surface area (Å²) >= 11 is 0. The van der Waals surface area contributed by atoms with E-state index in [1.165, 1.54) is 12.1 Å². The third kappa shape index (κ3) is 2.50. The summed E-state index contributed by atoms with van der Waals surface area (Å²) in [5, 5.41) is 11.6. The van der Waals surface area contributed by atoms with Crippen molar-refractivity contribution in [3.05, 3.63) is 40.6 Å². The molecule has 2 N–H and O–H groups in total. The first kappa shape index (κ1) is 13.7. The number of anilines is 1. The summed E-state index contributed by atoms with van der Waals surface area (Å²) in [4.78, 5) is 10.7. The molecule has 0 saturated heterocycles. The van der Waals surface area contributed by atoms with Crippen LogP contribution in [0.3, 0.4) is 0 Å². The van der Waals surface area contributed by atoms with E-state index in [4.69, 9.17) is 5.14 Å². The first-order chi connectivity index (χ1) is 8.84. The van der Waals surface area contributed by atoms with E-state index in [2.05, 4.69) is 5.18 Å². The Morgan fingerprint density at radius 3 is 2.26 bits per heavy atom. The van der Waals surface area contributed by atoms with Crippen LogP contribution in [-0.4, -0.2) is 27.0 Å². The molecule has 0 atom stereocenters. The summed E-state index contributed by atoms with van der Waals surface area (Å²) < 4.78 is 22.4. The fourth-order valence-corrected chi connectivity index (χ4v) is 2.56. The van der Waals surface area contributed by atoms with E-state index in [0.29, 0.717) is 12.2 Å². The van der Waals surface area contributed by atoms with Gasteiger partial charge in [-0.1, -0.05) is 0 Å². The number of nitroso groups, excluding NO2 is 1. The average Bonchev–Trinajstić information content (AvgIpc) is 2.63. The SMILES string of the molecule is CC1=C(N=O)CN(C)N1c1ccc(S(N)(=O)=O)cc1. The Morgan fingerprint density at radius 2 is 1.84 bits per heavy atom. The first-order valence-corrected chi connectivity index (χ1v) is 7.06. The smallest absolute Gasteiger partial charge is 0.238 e. The van der Waals surface area contributed by atoms with Crippen LogP contribution < -0.4 is 10.1 Å². The predicted octanol–water partition coefficient (Wildman–Crippen LogP) is 0.999. The number of rotatable bonds is 3. The van der Waals surface area contributed by atoms with Crippen LogP contribution in [0.15, 0.2) is 45.7 Å². The van der Waals surface area contributed by atoms with Crippen LogP contribution in [0.5, 0.6) is 0 Å². The van der Waals surface area contributed by atoms with Gasteiger partial charge in [0.15, 0.2) is 0 Å². The van der Waals surface area contributed by atoms with E-state index in [1.54, 1.807) is 24.1 Å². The number of nitrogens with two attached hydrogens (primary N) is 1. The van der Waals surface area contributed by atoms with Gasteiger partial charge in [0.05, 0.1) is 22.8 Å². The molecule has 1 aromatic rings. The summed E-state index contributed by atoms with van der Waals surface area (Å²) in [6.45, 7) is 2.21. The van der Waals surface area contributed by atoms with Gasteiger partial charge in [0.25, 0.3) is 0 Å². The van der Waals surface area contributed by atoms with Gasteiger partial charge in [0, 0.05) is 7.05 Å². The van der Waals surface area contributed by atoms with Gasteiger partial charge >= 0.3 is 0 Å². The molecule has 0 radical (unpaired) electrons. The Hall–Kier alpha value is -1.77. The summed E-state index contributed by atoms with van der Waals surface area (Å²) in [6, 6.07) is 6.12. The van der Waals surface area contributed by atoms with Crippen molar-refractivity contribution in [2.75, 3.05) is 18.6 Å². The second-order valence-electron chi connectivity index (χ2n) is 4.29. The summed E-state index contributed by atoms with van der Waals surface area (Å²) in [7, 11) is -1.88. The number of nitrogens with zero attached hydrogens (tertiary/aromatic N) is 3. The van der Waals surface area contributed by atoms with Crippen LogP contribution >= 0.6 is 0 Å². The molecule has 19 heavy (non-hydrogen) atoms. The number of hydrazine groups is 1. The fourth-order valence-electron chi connectivity index (χ4n) is 2.04. The van der Waals surface area contributed by atoms with Gasteiger partial charge in [0.2, 0.25) is 10.0 Å². The van der Waals surface area contributed by atoms with Crippen molar-refractivity contribution >= 4 is 15.7 Å². The molecule has 8 heteroatoms. The van der Waals surface area contributed by atoms with Gasteiger partial charge < -0.3 is 0 Å². The summed E-state index contributed by atoms with van der Waals surface area (Å²) in [5.74, 6) is 0. The second kappa shape index (κ2) is 4.72. The lowest BCUT2D eigenvalue weighted by atomic mass is 10.3. The molecule has 2 rings (SSSR count). The Labute approximate surface area is 111 Å². The topological polar surface area (TPSA) is 96.1 Å². The summed E-state index contributed by atoms with van der Waals surface area (Å²) in [6.07, 6.45) is 0. The highest BCUT2D eigenvalue weighted by Crippen LogP contribution is 2.29. The van der Waals surface area contributed by atoms with Crippen LogP contribution in [0.1, 0.15) is 6.92 Å². The highest BCUT2D eigenvalue weighted by atomic mass is 32.2. The molecular weight excluding hydrogens is 268 g/mol. The quantitative estimate of drug-likeness (QED) is 0.834.